The molecule has 14 heavy (non-hydrogen) atoms. The highest BCUT2D eigenvalue weighted by atomic mass is 35.7. The van der Waals surface area contributed by atoms with Crippen molar-refractivity contribution in [3.8, 4) is 0 Å². The molecule has 0 aliphatic rings. The summed E-state index contributed by atoms with van der Waals surface area (Å²) in [5, 5.41) is 0. The second-order valence-corrected chi connectivity index (χ2v) is 6.22. The summed E-state index contributed by atoms with van der Waals surface area (Å²) in [6.45, 7) is 1.54. The first-order valence-corrected chi connectivity index (χ1v) is 6.46. The third-order valence-electron chi connectivity index (χ3n) is 1.24. The molecule has 0 aromatic rings. The maximum absolute atomic E-state index is 12.2. The monoisotopic (exact) mass is 250 g/mol. The molecule has 0 aliphatic heterocycles. The minimum absolute atomic E-state index is 0.0462. The summed E-state index contributed by atoms with van der Waals surface area (Å²) < 4.78 is 50.2. The molecule has 3 nitrogen and oxygen atoms in total. The number of halogens is 3. The van der Waals surface area contributed by atoms with Crippen molar-refractivity contribution in [1.29, 1.82) is 0 Å². The Morgan fingerprint density at radius 3 is 2.36 bits per heavy atom. The fraction of sp³-hybridized carbons (Fsp3) is 1.00. The third kappa shape index (κ3) is 10.1. The van der Waals surface area contributed by atoms with E-state index in [1.807, 2.05) is 0 Å². The van der Waals surface area contributed by atoms with Crippen LogP contribution in [0.2, 0.25) is 0 Å². The van der Waals surface area contributed by atoms with Crippen molar-refractivity contribution < 1.29 is 21.9 Å². The van der Waals surface area contributed by atoms with Crippen molar-refractivity contribution in [2.45, 2.75) is 19.8 Å². The van der Waals surface area contributed by atoms with Gasteiger partial charge < -0.3 is 4.74 Å². The molecule has 0 heterocycles. The first-order valence-electron chi connectivity index (χ1n) is 3.98. The molecule has 0 N–H and O–H groups in total. The van der Waals surface area contributed by atoms with Crippen molar-refractivity contribution in [3.63, 3.8) is 0 Å². The van der Waals surface area contributed by atoms with Gasteiger partial charge in [0.1, 0.15) is 6.61 Å². The van der Waals surface area contributed by atoms with Crippen LogP contribution in [0.3, 0.4) is 0 Å². The van der Waals surface area contributed by atoms with Crippen molar-refractivity contribution in [2.24, 2.45) is 5.92 Å². The fourth-order valence-corrected chi connectivity index (χ4v) is 2.25. The molecule has 0 aromatic heterocycles. The summed E-state index contributed by atoms with van der Waals surface area (Å²) in [7, 11) is 1.38. The molecule has 0 aromatic carbocycles. The second-order valence-electron chi connectivity index (χ2n) is 3.40. The van der Waals surface area contributed by atoms with Crippen LogP contribution >= 0.6 is 10.7 Å². The van der Waals surface area contributed by atoms with E-state index in [0.717, 1.165) is 6.92 Å². The van der Waals surface area contributed by atoms with E-state index in [2.05, 4.69) is 4.74 Å². The summed E-state index contributed by atoms with van der Waals surface area (Å²) in [5.74, 6) is -3.55. The first kappa shape index (κ1) is 14.1. The van der Waals surface area contributed by atoms with Crippen LogP contribution < -0.4 is 0 Å². The quantitative estimate of drug-likeness (QED) is 0.676. The Labute approximate surface area is 86.8 Å². The van der Waals surface area contributed by atoms with Crippen molar-refractivity contribution in [3.05, 3.63) is 0 Å². The zero-order valence-corrected chi connectivity index (χ0v) is 9.54. The van der Waals surface area contributed by atoms with E-state index in [4.69, 9.17) is 10.7 Å². The highest BCUT2D eigenvalue weighted by Crippen LogP contribution is 2.13. The number of hydrogen-bond acceptors (Lipinski definition) is 3. The van der Waals surface area contributed by atoms with E-state index in [1.165, 1.54) is 0 Å². The maximum Gasteiger partial charge on any atom is 0.268 e. The summed E-state index contributed by atoms with van der Waals surface area (Å²) >= 11 is 0. The summed E-state index contributed by atoms with van der Waals surface area (Å²) in [6.07, 6.45) is 0. The lowest BCUT2D eigenvalue weighted by molar-refractivity contribution is -0.0670. The zero-order valence-electron chi connectivity index (χ0n) is 7.97. The molecule has 86 valence electrons. The molecule has 0 spiro atoms. The standard InChI is InChI=1S/C7H13ClF2O3S/c1-6(4-14(8,11)12)3-13-5-7(2,9)10/h6H,3-5H2,1-2H3. The average Bonchev–Trinajstić information content (AvgIpc) is 1.78. The molecule has 0 aliphatic carbocycles. The molecule has 0 bridgehead atoms. The van der Waals surface area contributed by atoms with Crippen LogP contribution in [0.15, 0.2) is 0 Å². The largest absolute Gasteiger partial charge is 0.375 e. The van der Waals surface area contributed by atoms with Gasteiger partial charge in [0.15, 0.2) is 0 Å². The lowest BCUT2D eigenvalue weighted by Gasteiger charge is -2.13. The zero-order chi connectivity index (χ0) is 11.4. The van der Waals surface area contributed by atoms with Gasteiger partial charge in [-0.1, -0.05) is 6.92 Å². The van der Waals surface area contributed by atoms with E-state index < -0.39 is 21.6 Å². The van der Waals surface area contributed by atoms with Gasteiger partial charge >= 0.3 is 0 Å². The molecule has 0 rings (SSSR count). The maximum atomic E-state index is 12.2. The highest BCUT2D eigenvalue weighted by molar-refractivity contribution is 8.13. The predicted molar refractivity (Wildman–Crippen MR) is 50.2 cm³/mol. The van der Waals surface area contributed by atoms with Crippen LogP contribution in [0.1, 0.15) is 13.8 Å². The average molecular weight is 251 g/mol. The van der Waals surface area contributed by atoms with Crippen molar-refractivity contribution in [2.75, 3.05) is 19.0 Å². The van der Waals surface area contributed by atoms with Crippen LogP contribution in [-0.2, 0) is 13.8 Å². The van der Waals surface area contributed by atoms with E-state index in [1.54, 1.807) is 6.92 Å². The Bertz CT molecular complexity index is 261. The second kappa shape index (κ2) is 5.23. The minimum Gasteiger partial charge on any atom is -0.375 e. The number of alkyl halides is 2. The molecular formula is C7H13ClF2O3S. The molecule has 0 saturated heterocycles. The van der Waals surface area contributed by atoms with Crippen LogP contribution in [0, 0.1) is 5.92 Å². The topological polar surface area (TPSA) is 43.4 Å². The molecule has 0 amide bonds. The summed E-state index contributed by atoms with van der Waals surface area (Å²) in [5.41, 5.74) is 0. The number of ether oxygens (including phenoxy) is 1. The van der Waals surface area contributed by atoms with Crippen molar-refractivity contribution >= 4 is 19.7 Å². The van der Waals surface area contributed by atoms with E-state index in [0.29, 0.717) is 0 Å². The molecule has 0 saturated carbocycles. The normalized spacial score (nSPS) is 15.5. The lowest BCUT2D eigenvalue weighted by Crippen LogP contribution is -2.22. The molecule has 1 unspecified atom stereocenters. The smallest absolute Gasteiger partial charge is 0.268 e. The van der Waals surface area contributed by atoms with Crippen LogP contribution in [-0.4, -0.2) is 33.3 Å². The predicted octanol–water partition coefficient (Wildman–Crippen LogP) is 1.86. The van der Waals surface area contributed by atoms with Gasteiger partial charge in [-0.05, 0) is 5.92 Å². The fourth-order valence-electron chi connectivity index (χ4n) is 0.827. The van der Waals surface area contributed by atoms with Gasteiger partial charge in [-0.15, -0.1) is 0 Å². The Hall–Kier alpha value is 0.0600. The molecule has 1 atom stereocenters. The number of hydrogen-bond donors (Lipinski definition) is 0. The number of rotatable bonds is 6. The Kier molecular flexibility index (Phi) is 5.25. The van der Waals surface area contributed by atoms with Gasteiger partial charge in [-0.25, -0.2) is 17.2 Å². The van der Waals surface area contributed by atoms with Gasteiger partial charge in [0.25, 0.3) is 5.92 Å². The van der Waals surface area contributed by atoms with Crippen LogP contribution in [0.25, 0.3) is 0 Å². The summed E-state index contributed by atoms with van der Waals surface area (Å²) in [4.78, 5) is 0. The van der Waals surface area contributed by atoms with Gasteiger partial charge in [-0.3, -0.25) is 0 Å². The van der Waals surface area contributed by atoms with E-state index >= 15 is 0 Å². The molecule has 7 heteroatoms. The Morgan fingerprint density at radius 1 is 1.50 bits per heavy atom. The Balaban J connectivity index is 3.71. The van der Waals surface area contributed by atoms with Gasteiger partial charge in [0.2, 0.25) is 9.05 Å². The SMILES string of the molecule is CC(COCC(C)(F)F)CS(=O)(=O)Cl. The van der Waals surface area contributed by atoms with E-state index in [9.17, 15) is 17.2 Å². The molecular weight excluding hydrogens is 238 g/mol. The summed E-state index contributed by atoms with van der Waals surface area (Å²) in [6, 6.07) is 0. The van der Waals surface area contributed by atoms with Crippen molar-refractivity contribution in [1.82, 2.24) is 0 Å². The van der Waals surface area contributed by atoms with Gasteiger partial charge in [-0.2, -0.15) is 0 Å². The van der Waals surface area contributed by atoms with Crippen LogP contribution in [0.5, 0.6) is 0 Å². The molecule has 0 fully saturated rings. The van der Waals surface area contributed by atoms with Crippen LogP contribution in [0.4, 0.5) is 8.78 Å². The third-order valence-corrected chi connectivity index (χ3v) is 2.59. The Morgan fingerprint density at radius 2 is 2.00 bits per heavy atom. The lowest BCUT2D eigenvalue weighted by atomic mass is 10.2. The molecule has 0 radical (unpaired) electrons. The minimum atomic E-state index is -3.58. The first-order chi connectivity index (χ1) is 6.10. The van der Waals surface area contributed by atoms with Gasteiger partial charge in [0, 0.05) is 17.6 Å². The highest BCUT2D eigenvalue weighted by Gasteiger charge is 2.22. The van der Waals surface area contributed by atoms with Gasteiger partial charge in [0.05, 0.1) is 12.4 Å². The van der Waals surface area contributed by atoms with E-state index in [-0.39, 0.29) is 18.3 Å².